The molecule has 0 radical (unpaired) electrons. The summed E-state index contributed by atoms with van der Waals surface area (Å²) < 4.78 is 7.25. The molecule has 4 heteroatoms. The van der Waals surface area contributed by atoms with Gasteiger partial charge in [0.2, 0.25) is 0 Å². The second kappa shape index (κ2) is 11.0. The van der Waals surface area contributed by atoms with Crippen LogP contribution in [0.2, 0.25) is 0 Å². The van der Waals surface area contributed by atoms with E-state index in [1.54, 1.807) is 16.9 Å². The molecule has 84 valence electrons. The molecule has 0 saturated carbocycles. The molecule has 0 aromatic carbocycles. The fourth-order valence-electron chi connectivity index (χ4n) is 1.32. The van der Waals surface area contributed by atoms with Crippen LogP contribution in [0.25, 0.3) is 0 Å². The summed E-state index contributed by atoms with van der Waals surface area (Å²) in [4.78, 5) is 0. The van der Waals surface area contributed by atoms with E-state index >= 15 is 0 Å². The van der Waals surface area contributed by atoms with Crippen LogP contribution in [0.1, 0.15) is 25.5 Å². The molecule has 2 heterocycles. The van der Waals surface area contributed by atoms with Crippen LogP contribution in [0.15, 0.2) is 12.3 Å². The number of rotatable bonds is 1. The zero-order chi connectivity index (χ0) is 7.52. The number of nitrogens with zero attached hydrogens (tertiary/aromatic N) is 2. The van der Waals surface area contributed by atoms with E-state index in [1.807, 2.05) is 0 Å². The Morgan fingerprint density at radius 2 is 2.00 bits per heavy atom. The maximum Gasteiger partial charge on any atom is 4.00 e. The molecular weight excluding hydrogens is 316 g/mol. The van der Waals surface area contributed by atoms with Gasteiger partial charge in [0.05, 0.1) is 0 Å². The van der Waals surface area contributed by atoms with E-state index in [0.717, 1.165) is 13.0 Å². The normalized spacial score (nSPS) is 18.5. The Morgan fingerprint density at radius 3 is 2.47 bits per heavy atom. The van der Waals surface area contributed by atoms with Crippen LogP contribution < -0.4 is 0 Å². The monoisotopic (exact) mass is 336 g/mol. The third kappa shape index (κ3) is 5.99. The van der Waals surface area contributed by atoms with Gasteiger partial charge in [-0.3, -0.25) is 5.10 Å². The number of aromatic nitrogens is 2. The van der Waals surface area contributed by atoms with Gasteiger partial charge in [0, 0.05) is 6.61 Å². The summed E-state index contributed by atoms with van der Waals surface area (Å²) in [6.45, 7) is 0.859. The van der Waals surface area contributed by atoms with Gasteiger partial charge in [-0.15, -0.1) is 12.4 Å². The van der Waals surface area contributed by atoms with Crippen molar-refractivity contribution in [3.05, 3.63) is 40.7 Å². The average Bonchev–Trinajstić information content (AvgIpc) is 2.58. The van der Waals surface area contributed by atoms with Crippen LogP contribution >= 0.6 is 0 Å². The Kier molecular flexibility index (Phi) is 15.4. The van der Waals surface area contributed by atoms with Gasteiger partial charge in [-0.1, -0.05) is 0 Å². The standard InChI is InChI=1S/C8H11N2O.3CH3.Ce/c1-2-7-11-8(4-1)10-6-3-5-9-10;;;;/h3,5,8H,1-2,4,7H2;3*1H3;/q4*-1;+4. The molecular formula is C11H20CeN2O. The van der Waals surface area contributed by atoms with E-state index in [0.29, 0.717) is 0 Å². The molecule has 1 saturated heterocycles. The molecule has 1 aliphatic rings. The summed E-state index contributed by atoms with van der Waals surface area (Å²) in [7, 11) is 0. The maximum absolute atomic E-state index is 5.49. The number of ether oxygens (including phenoxy) is 1. The molecule has 1 unspecified atom stereocenters. The van der Waals surface area contributed by atoms with Crippen molar-refractivity contribution >= 4 is 0 Å². The molecule has 0 bridgehead atoms. The van der Waals surface area contributed by atoms with Gasteiger partial charge in [-0.2, -0.15) is 6.07 Å². The summed E-state index contributed by atoms with van der Waals surface area (Å²) in [5.74, 6) is 0. The molecule has 1 aromatic heterocycles. The minimum Gasteiger partial charge on any atom is -0.358 e. The van der Waals surface area contributed by atoms with Crippen molar-refractivity contribution in [1.82, 2.24) is 9.78 Å². The average molecular weight is 336 g/mol. The molecule has 1 aliphatic heterocycles. The van der Waals surface area contributed by atoms with Gasteiger partial charge in [-0.05, 0) is 19.3 Å². The molecule has 0 amide bonds. The van der Waals surface area contributed by atoms with Crippen LogP contribution in [-0.2, 0) is 4.74 Å². The first-order chi connectivity index (χ1) is 5.47. The van der Waals surface area contributed by atoms with Crippen LogP contribution in [0, 0.1) is 70.2 Å². The molecule has 0 N–H and O–H groups in total. The largest absolute Gasteiger partial charge is 4.00 e. The Morgan fingerprint density at radius 1 is 1.27 bits per heavy atom. The van der Waals surface area contributed by atoms with Crippen molar-refractivity contribution in [3.8, 4) is 0 Å². The molecule has 1 fully saturated rings. The number of hydrogen-bond donors (Lipinski definition) is 0. The topological polar surface area (TPSA) is 27.1 Å². The minimum absolute atomic E-state index is 0. The predicted octanol–water partition coefficient (Wildman–Crippen LogP) is 2.73. The van der Waals surface area contributed by atoms with E-state index in [4.69, 9.17) is 4.74 Å². The summed E-state index contributed by atoms with van der Waals surface area (Å²) in [5, 5.41) is 4.08. The first-order valence-electron chi connectivity index (χ1n) is 3.99. The third-order valence-corrected chi connectivity index (χ3v) is 1.90. The Bertz CT molecular complexity index is 208. The van der Waals surface area contributed by atoms with Crippen molar-refractivity contribution < 1.29 is 46.5 Å². The fourth-order valence-corrected chi connectivity index (χ4v) is 1.32. The molecule has 0 spiro atoms. The number of hydrogen-bond acceptors (Lipinski definition) is 2. The van der Waals surface area contributed by atoms with Gasteiger partial charge in [-0.25, -0.2) is 0 Å². The molecule has 2 rings (SSSR count). The van der Waals surface area contributed by atoms with E-state index in [1.165, 1.54) is 12.8 Å². The van der Waals surface area contributed by atoms with Crippen molar-refractivity contribution in [2.75, 3.05) is 6.61 Å². The van der Waals surface area contributed by atoms with E-state index in [9.17, 15) is 0 Å². The van der Waals surface area contributed by atoms with Gasteiger partial charge >= 0.3 is 41.7 Å². The second-order valence-electron chi connectivity index (χ2n) is 2.73. The summed E-state index contributed by atoms with van der Waals surface area (Å²) in [6.07, 6.45) is 8.34. The molecule has 3 nitrogen and oxygen atoms in total. The van der Waals surface area contributed by atoms with E-state index < -0.39 is 0 Å². The van der Waals surface area contributed by atoms with Crippen LogP contribution in [0.3, 0.4) is 0 Å². The zero-order valence-electron chi connectivity index (χ0n) is 9.86. The Balaban J connectivity index is -0.000000360. The first-order valence-corrected chi connectivity index (χ1v) is 3.99. The van der Waals surface area contributed by atoms with Gasteiger partial charge in [0.15, 0.2) is 0 Å². The van der Waals surface area contributed by atoms with Crippen molar-refractivity contribution in [2.24, 2.45) is 0 Å². The Hall–Kier alpha value is 0.547. The second-order valence-corrected chi connectivity index (χ2v) is 2.73. The molecule has 0 aliphatic carbocycles. The van der Waals surface area contributed by atoms with Crippen LogP contribution in [-0.4, -0.2) is 16.4 Å². The zero-order valence-corrected chi connectivity index (χ0v) is 13.0. The van der Waals surface area contributed by atoms with Crippen molar-refractivity contribution in [1.29, 1.82) is 0 Å². The maximum atomic E-state index is 5.49. The smallest absolute Gasteiger partial charge is 0.358 e. The van der Waals surface area contributed by atoms with Crippen molar-refractivity contribution in [3.63, 3.8) is 0 Å². The minimum atomic E-state index is 0. The van der Waals surface area contributed by atoms with Gasteiger partial charge < -0.3 is 31.7 Å². The Labute approximate surface area is 128 Å². The fraction of sp³-hybridized carbons (Fsp3) is 0.455. The SMILES string of the molecule is [CH3-].[CH3-].[CH3-].[Ce+4].[c-]1ccnn1C1CCCCO1. The molecule has 1 aromatic rings. The summed E-state index contributed by atoms with van der Waals surface area (Å²) in [5.41, 5.74) is 0. The van der Waals surface area contributed by atoms with Gasteiger partial charge in [0.1, 0.15) is 6.23 Å². The van der Waals surface area contributed by atoms with Crippen LogP contribution in [0.5, 0.6) is 0 Å². The van der Waals surface area contributed by atoms with Crippen molar-refractivity contribution in [2.45, 2.75) is 25.5 Å². The quantitative estimate of drug-likeness (QED) is 0.738. The molecule has 15 heavy (non-hydrogen) atoms. The van der Waals surface area contributed by atoms with E-state index in [-0.39, 0.29) is 70.3 Å². The van der Waals surface area contributed by atoms with E-state index in [2.05, 4.69) is 11.3 Å². The summed E-state index contributed by atoms with van der Waals surface area (Å²) in [6, 6.07) is 1.80. The third-order valence-electron chi connectivity index (χ3n) is 1.90. The molecule has 1 atom stereocenters. The summed E-state index contributed by atoms with van der Waals surface area (Å²) >= 11 is 0. The predicted molar refractivity (Wildman–Crippen MR) is 59.1 cm³/mol. The van der Waals surface area contributed by atoms with Gasteiger partial charge in [0.25, 0.3) is 0 Å². The van der Waals surface area contributed by atoms with Crippen LogP contribution in [0.4, 0.5) is 0 Å². The first kappa shape index (κ1) is 20.9.